The van der Waals surface area contributed by atoms with Crippen LogP contribution in [0.5, 0.6) is 0 Å². The molecule has 0 saturated carbocycles. The molecule has 1 atom stereocenters. The predicted molar refractivity (Wildman–Crippen MR) is 96.8 cm³/mol. The first-order valence-corrected chi connectivity index (χ1v) is 8.42. The molecule has 25 heavy (non-hydrogen) atoms. The monoisotopic (exact) mass is 346 g/mol. The molecule has 1 aromatic rings. The summed E-state index contributed by atoms with van der Waals surface area (Å²) in [6.07, 6.45) is 4.23. The Hall–Kier alpha value is -2.18. The number of nitrogens with zero attached hydrogens (tertiary/aromatic N) is 1. The molecule has 6 heteroatoms. The van der Waals surface area contributed by atoms with E-state index in [1.807, 2.05) is 0 Å². The van der Waals surface area contributed by atoms with Gasteiger partial charge in [-0.2, -0.15) is 0 Å². The minimum atomic E-state index is -0.445. The molecule has 1 aliphatic rings. The van der Waals surface area contributed by atoms with E-state index in [4.69, 9.17) is 9.47 Å². The van der Waals surface area contributed by atoms with Gasteiger partial charge >= 0.3 is 0 Å². The maximum Gasteiger partial charge on any atom is 0.251 e. The summed E-state index contributed by atoms with van der Waals surface area (Å²) in [5, 5.41) is 2.94. The number of ether oxygens (including phenoxy) is 2. The molecule has 1 saturated heterocycles. The molecule has 6 nitrogen and oxygen atoms in total. The number of rotatable bonds is 7. The number of carbonyl (C=O) groups is 2. The number of anilines is 1. The van der Waals surface area contributed by atoms with Crippen LogP contribution in [0.1, 0.15) is 29.6 Å². The summed E-state index contributed by atoms with van der Waals surface area (Å²) in [5.74, 6) is -0.373. The van der Waals surface area contributed by atoms with E-state index in [2.05, 4.69) is 11.9 Å². The van der Waals surface area contributed by atoms with Gasteiger partial charge in [0, 0.05) is 38.6 Å². The molecule has 1 fully saturated rings. The third kappa shape index (κ3) is 4.90. The van der Waals surface area contributed by atoms with Gasteiger partial charge in [0.15, 0.2) is 0 Å². The fraction of sp³-hybridized carbons (Fsp3) is 0.474. The summed E-state index contributed by atoms with van der Waals surface area (Å²) < 4.78 is 11.2. The van der Waals surface area contributed by atoms with Crippen molar-refractivity contribution in [2.24, 2.45) is 0 Å². The minimum absolute atomic E-state index is 0.172. The average molecular weight is 346 g/mol. The number of likely N-dealkylation sites (N-methyl/N-ethyl adjacent to an activating group) is 1. The number of methoxy groups -OCH3 is 1. The molecule has 1 aromatic carbocycles. The molecule has 0 aliphatic carbocycles. The lowest BCUT2D eigenvalue weighted by atomic mass is 9.94. The molecule has 2 amide bonds. The Kier molecular flexibility index (Phi) is 6.73. The number of benzene rings is 1. The van der Waals surface area contributed by atoms with Gasteiger partial charge < -0.3 is 19.7 Å². The zero-order valence-electron chi connectivity index (χ0n) is 14.9. The Morgan fingerprint density at radius 2 is 2.08 bits per heavy atom. The SMILES string of the molecule is C=CC(=O)N(C)c1ccc(C(=O)NCC2(COC)CCCCO2)cc1. The maximum absolute atomic E-state index is 12.4. The highest BCUT2D eigenvalue weighted by Crippen LogP contribution is 2.25. The molecular weight excluding hydrogens is 320 g/mol. The number of hydrogen-bond donors (Lipinski definition) is 1. The number of carbonyl (C=O) groups excluding carboxylic acids is 2. The molecule has 0 radical (unpaired) electrons. The molecule has 2 rings (SSSR count). The van der Waals surface area contributed by atoms with E-state index in [0.717, 1.165) is 19.3 Å². The molecule has 136 valence electrons. The van der Waals surface area contributed by atoms with E-state index in [-0.39, 0.29) is 11.8 Å². The van der Waals surface area contributed by atoms with Gasteiger partial charge in [0.1, 0.15) is 5.60 Å². The van der Waals surface area contributed by atoms with Crippen LogP contribution >= 0.6 is 0 Å². The Bertz CT molecular complexity index is 601. The van der Waals surface area contributed by atoms with Gasteiger partial charge in [-0.3, -0.25) is 9.59 Å². The van der Waals surface area contributed by atoms with Gasteiger partial charge in [0.25, 0.3) is 5.91 Å². The lowest BCUT2D eigenvalue weighted by molar-refractivity contribution is -0.113. The van der Waals surface area contributed by atoms with Crippen molar-refractivity contribution in [3.63, 3.8) is 0 Å². The van der Waals surface area contributed by atoms with Gasteiger partial charge in [-0.15, -0.1) is 0 Å². The third-order valence-corrected chi connectivity index (χ3v) is 4.44. The van der Waals surface area contributed by atoms with Gasteiger partial charge in [-0.1, -0.05) is 6.58 Å². The van der Waals surface area contributed by atoms with Crippen LogP contribution < -0.4 is 10.2 Å². The van der Waals surface area contributed by atoms with E-state index in [1.165, 1.54) is 11.0 Å². The highest BCUT2D eigenvalue weighted by molar-refractivity contribution is 6.01. The first kappa shape index (κ1) is 19.1. The van der Waals surface area contributed by atoms with Crippen molar-refractivity contribution in [2.75, 3.05) is 38.8 Å². The summed E-state index contributed by atoms with van der Waals surface area (Å²) in [7, 11) is 3.30. The van der Waals surface area contributed by atoms with E-state index in [0.29, 0.717) is 31.0 Å². The molecule has 0 bridgehead atoms. The highest BCUT2D eigenvalue weighted by atomic mass is 16.5. The van der Waals surface area contributed by atoms with Crippen molar-refractivity contribution in [2.45, 2.75) is 24.9 Å². The van der Waals surface area contributed by atoms with Crippen molar-refractivity contribution in [3.8, 4) is 0 Å². The predicted octanol–water partition coefficient (Wildman–Crippen LogP) is 2.15. The van der Waals surface area contributed by atoms with Gasteiger partial charge in [0.05, 0.1) is 6.61 Å². The summed E-state index contributed by atoms with van der Waals surface area (Å²) in [6.45, 7) is 5.03. The molecule has 0 aromatic heterocycles. The van der Waals surface area contributed by atoms with Crippen LogP contribution in [0.25, 0.3) is 0 Å². The standard InChI is InChI=1S/C19H26N2O4/c1-4-17(22)21(2)16-9-7-15(8-10-16)18(23)20-13-19(14-24-3)11-5-6-12-25-19/h4,7-10H,1,5-6,11-14H2,2-3H3,(H,20,23). The van der Waals surface area contributed by atoms with Crippen LogP contribution in [0.4, 0.5) is 5.69 Å². The molecule has 1 aliphatic heterocycles. The number of nitrogens with one attached hydrogen (secondary N) is 1. The van der Waals surface area contributed by atoms with E-state index >= 15 is 0 Å². The summed E-state index contributed by atoms with van der Waals surface area (Å²) >= 11 is 0. The first-order chi connectivity index (χ1) is 12.0. The fourth-order valence-electron chi connectivity index (χ4n) is 2.92. The second-order valence-corrected chi connectivity index (χ2v) is 6.25. The highest BCUT2D eigenvalue weighted by Gasteiger charge is 2.33. The van der Waals surface area contributed by atoms with E-state index in [9.17, 15) is 9.59 Å². The van der Waals surface area contributed by atoms with Crippen molar-refractivity contribution >= 4 is 17.5 Å². The minimum Gasteiger partial charge on any atom is -0.382 e. The second-order valence-electron chi connectivity index (χ2n) is 6.25. The van der Waals surface area contributed by atoms with Crippen molar-refractivity contribution in [1.82, 2.24) is 5.32 Å². The summed E-state index contributed by atoms with van der Waals surface area (Å²) in [6, 6.07) is 6.86. The topological polar surface area (TPSA) is 67.9 Å². The van der Waals surface area contributed by atoms with Gasteiger partial charge in [-0.25, -0.2) is 0 Å². The van der Waals surface area contributed by atoms with Gasteiger partial charge in [0.2, 0.25) is 5.91 Å². The normalized spacial score (nSPS) is 19.9. The third-order valence-electron chi connectivity index (χ3n) is 4.44. The van der Waals surface area contributed by atoms with Crippen LogP contribution in [0.2, 0.25) is 0 Å². The van der Waals surface area contributed by atoms with E-state index < -0.39 is 5.60 Å². The molecule has 1 N–H and O–H groups in total. The number of hydrogen-bond acceptors (Lipinski definition) is 4. The molecule has 1 unspecified atom stereocenters. The van der Waals surface area contributed by atoms with Crippen LogP contribution in [-0.2, 0) is 14.3 Å². The van der Waals surface area contributed by atoms with E-state index in [1.54, 1.807) is 38.4 Å². The maximum atomic E-state index is 12.4. The fourth-order valence-corrected chi connectivity index (χ4v) is 2.92. The average Bonchev–Trinajstić information content (AvgIpc) is 2.66. The smallest absolute Gasteiger partial charge is 0.251 e. The Morgan fingerprint density at radius 1 is 1.36 bits per heavy atom. The lowest BCUT2D eigenvalue weighted by Gasteiger charge is -2.36. The van der Waals surface area contributed by atoms with Crippen molar-refractivity contribution in [3.05, 3.63) is 42.5 Å². The molecule has 1 heterocycles. The zero-order valence-corrected chi connectivity index (χ0v) is 14.9. The first-order valence-electron chi connectivity index (χ1n) is 8.42. The Morgan fingerprint density at radius 3 is 2.64 bits per heavy atom. The lowest BCUT2D eigenvalue weighted by Crippen LogP contribution is -2.50. The van der Waals surface area contributed by atoms with Crippen LogP contribution in [-0.4, -0.2) is 51.3 Å². The summed E-state index contributed by atoms with van der Waals surface area (Å²) in [4.78, 5) is 25.5. The zero-order chi connectivity index (χ0) is 18.3. The van der Waals surface area contributed by atoms with Crippen LogP contribution in [0.15, 0.2) is 36.9 Å². The van der Waals surface area contributed by atoms with Crippen LogP contribution in [0.3, 0.4) is 0 Å². The number of amides is 2. The quantitative estimate of drug-likeness (QED) is 0.768. The Balaban J connectivity index is 1.98. The van der Waals surface area contributed by atoms with Crippen molar-refractivity contribution in [1.29, 1.82) is 0 Å². The summed E-state index contributed by atoms with van der Waals surface area (Å²) in [5.41, 5.74) is 0.790. The largest absolute Gasteiger partial charge is 0.382 e. The van der Waals surface area contributed by atoms with Crippen LogP contribution in [0, 0.1) is 0 Å². The second kappa shape index (κ2) is 8.78. The molecular formula is C19H26N2O4. The van der Waals surface area contributed by atoms with Gasteiger partial charge in [-0.05, 0) is 49.6 Å². The molecule has 0 spiro atoms. The Labute approximate surface area is 148 Å². The van der Waals surface area contributed by atoms with Crippen molar-refractivity contribution < 1.29 is 19.1 Å².